The first-order valence-corrected chi connectivity index (χ1v) is 8.75. The number of carboxylic acids is 1. The summed E-state index contributed by atoms with van der Waals surface area (Å²) in [6.07, 6.45) is 0. The number of aromatic nitrogens is 1. The average molecular weight is 344 g/mol. The van der Waals surface area contributed by atoms with Crippen LogP contribution in [0.5, 0.6) is 0 Å². The highest BCUT2D eigenvalue weighted by atomic mass is 32.2. The van der Waals surface area contributed by atoms with Gasteiger partial charge >= 0.3 is 5.97 Å². The fourth-order valence-electron chi connectivity index (χ4n) is 2.67. The third-order valence-corrected chi connectivity index (χ3v) is 5.26. The molecule has 1 aromatic heterocycles. The van der Waals surface area contributed by atoms with Crippen molar-refractivity contribution >= 4 is 26.9 Å². The second-order valence-electron chi connectivity index (χ2n) is 5.33. The summed E-state index contributed by atoms with van der Waals surface area (Å²) in [6, 6.07) is 15.5. The van der Waals surface area contributed by atoms with Gasteiger partial charge in [0.25, 0.3) is 0 Å². The first-order valence-electron chi connectivity index (χ1n) is 7.26. The molecule has 0 saturated carbocycles. The van der Waals surface area contributed by atoms with Crippen molar-refractivity contribution in [3.05, 3.63) is 65.9 Å². The summed E-state index contributed by atoms with van der Waals surface area (Å²) in [7, 11) is -2.19. The topological polar surface area (TPSA) is 88.4 Å². The summed E-state index contributed by atoms with van der Waals surface area (Å²) in [6.45, 7) is 0.266. The van der Waals surface area contributed by atoms with Crippen molar-refractivity contribution in [3.63, 3.8) is 0 Å². The second-order valence-corrected chi connectivity index (χ2v) is 7.22. The number of sulfonamides is 1. The molecule has 3 aromatic rings. The van der Waals surface area contributed by atoms with E-state index in [0.29, 0.717) is 5.56 Å². The van der Waals surface area contributed by atoms with Gasteiger partial charge in [-0.15, -0.1) is 0 Å². The second kappa shape index (κ2) is 6.10. The molecule has 0 radical (unpaired) electrons. The molecule has 24 heavy (non-hydrogen) atoms. The molecule has 0 aliphatic heterocycles. The highest BCUT2D eigenvalue weighted by Gasteiger charge is 2.16. The highest BCUT2D eigenvalue weighted by molar-refractivity contribution is 7.89. The number of nitrogens with one attached hydrogen (secondary N) is 1. The number of fused-ring (bicyclic) bond motifs is 1. The van der Waals surface area contributed by atoms with Crippen LogP contribution in [-0.4, -0.2) is 31.1 Å². The van der Waals surface area contributed by atoms with Gasteiger partial charge in [-0.1, -0.05) is 30.3 Å². The summed E-state index contributed by atoms with van der Waals surface area (Å²) in [5.74, 6) is -1.02. The predicted molar refractivity (Wildman–Crippen MR) is 90.7 cm³/mol. The van der Waals surface area contributed by atoms with Gasteiger partial charge in [-0.2, -0.15) is 0 Å². The maximum absolute atomic E-state index is 11.9. The lowest BCUT2D eigenvalue weighted by atomic mass is 10.2. The number of carboxylic acid groups (broad SMARTS) is 1. The minimum atomic E-state index is -3.54. The molecular formula is C17H16N2O4S. The predicted octanol–water partition coefficient (Wildman–Crippen LogP) is 2.30. The molecule has 0 aliphatic rings. The molecule has 0 aliphatic carbocycles. The molecule has 0 unspecified atom stereocenters. The van der Waals surface area contributed by atoms with Gasteiger partial charge in [-0.05, 0) is 36.9 Å². The van der Waals surface area contributed by atoms with E-state index in [-0.39, 0.29) is 17.1 Å². The number of carbonyl (C=O) groups is 1. The maximum atomic E-state index is 11.9. The van der Waals surface area contributed by atoms with E-state index in [4.69, 9.17) is 0 Å². The van der Waals surface area contributed by atoms with Crippen LogP contribution in [0.2, 0.25) is 0 Å². The molecule has 0 amide bonds. The largest absolute Gasteiger partial charge is 0.477 e. The van der Waals surface area contributed by atoms with Crippen LogP contribution in [-0.2, 0) is 16.6 Å². The molecule has 6 nitrogen and oxygen atoms in total. The fraction of sp³-hybridized carbons (Fsp3) is 0.118. The number of benzene rings is 2. The zero-order valence-electron chi connectivity index (χ0n) is 12.9. The van der Waals surface area contributed by atoms with Crippen LogP contribution in [0.25, 0.3) is 10.9 Å². The Labute approximate surface area is 139 Å². The van der Waals surface area contributed by atoms with E-state index in [1.54, 1.807) is 28.8 Å². The van der Waals surface area contributed by atoms with E-state index < -0.39 is 16.0 Å². The highest BCUT2D eigenvalue weighted by Crippen LogP contribution is 2.22. The van der Waals surface area contributed by atoms with Crippen LogP contribution < -0.4 is 4.72 Å². The number of nitrogens with zero attached hydrogens (tertiary/aromatic N) is 1. The third kappa shape index (κ3) is 2.91. The quantitative estimate of drug-likeness (QED) is 0.743. The molecule has 2 N–H and O–H groups in total. The van der Waals surface area contributed by atoms with Crippen molar-refractivity contribution in [2.45, 2.75) is 11.4 Å². The fourth-order valence-corrected chi connectivity index (χ4v) is 3.47. The molecule has 0 spiro atoms. The lowest BCUT2D eigenvalue weighted by molar-refractivity contribution is 0.0686. The molecule has 0 bridgehead atoms. The van der Waals surface area contributed by atoms with Crippen molar-refractivity contribution in [2.24, 2.45) is 0 Å². The van der Waals surface area contributed by atoms with Crippen LogP contribution in [0.4, 0.5) is 0 Å². The average Bonchev–Trinajstić information content (AvgIpc) is 2.94. The Morgan fingerprint density at radius 1 is 1.12 bits per heavy atom. The number of aromatic carboxylic acids is 1. The van der Waals surface area contributed by atoms with Gasteiger partial charge in [0.15, 0.2) is 0 Å². The smallest absolute Gasteiger partial charge is 0.352 e. The minimum absolute atomic E-state index is 0.149. The van der Waals surface area contributed by atoms with Gasteiger partial charge in [0.05, 0.1) is 4.90 Å². The molecule has 0 atom stereocenters. The van der Waals surface area contributed by atoms with E-state index in [1.165, 1.54) is 13.1 Å². The van der Waals surface area contributed by atoms with Crippen molar-refractivity contribution in [1.29, 1.82) is 0 Å². The Kier molecular flexibility index (Phi) is 4.13. The molecule has 2 aromatic carbocycles. The molecule has 1 heterocycles. The first-order chi connectivity index (χ1) is 11.4. The van der Waals surface area contributed by atoms with Gasteiger partial charge in [0, 0.05) is 17.4 Å². The summed E-state index contributed by atoms with van der Waals surface area (Å²) >= 11 is 0. The van der Waals surface area contributed by atoms with Gasteiger partial charge in [0.2, 0.25) is 10.0 Å². The third-order valence-electron chi connectivity index (χ3n) is 3.85. The van der Waals surface area contributed by atoms with Crippen LogP contribution in [0.15, 0.2) is 59.5 Å². The number of hydrogen-bond donors (Lipinski definition) is 2. The summed E-state index contributed by atoms with van der Waals surface area (Å²) < 4.78 is 27.8. The summed E-state index contributed by atoms with van der Waals surface area (Å²) in [5.41, 5.74) is 1.66. The lowest BCUT2D eigenvalue weighted by Gasteiger charge is -2.10. The molecule has 0 fully saturated rings. The van der Waals surface area contributed by atoms with Gasteiger partial charge in [-0.25, -0.2) is 17.9 Å². The molecular weight excluding hydrogens is 328 g/mol. The Morgan fingerprint density at radius 3 is 2.58 bits per heavy atom. The van der Waals surface area contributed by atoms with Crippen LogP contribution in [0, 0.1) is 0 Å². The van der Waals surface area contributed by atoms with E-state index in [9.17, 15) is 18.3 Å². The molecule has 3 rings (SSSR count). The van der Waals surface area contributed by atoms with Gasteiger partial charge in [-0.3, -0.25) is 0 Å². The molecule has 7 heteroatoms. The van der Waals surface area contributed by atoms with E-state index in [1.807, 2.05) is 24.3 Å². The maximum Gasteiger partial charge on any atom is 0.352 e. The van der Waals surface area contributed by atoms with E-state index in [2.05, 4.69) is 4.72 Å². The Hall–Kier alpha value is -2.64. The summed E-state index contributed by atoms with van der Waals surface area (Å²) in [4.78, 5) is 11.7. The van der Waals surface area contributed by atoms with Crippen LogP contribution in [0.3, 0.4) is 0 Å². The van der Waals surface area contributed by atoms with Crippen molar-refractivity contribution in [2.75, 3.05) is 7.05 Å². The first kappa shape index (κ1) is 16.2. The van der Waals surface area contributed by atoms with Crippen molar-refractivity contribution in [3.8, 4) is 0 Å². The number of rotatable bonds is 5. The SMILES string of the molecule is CNS(=O)(=O)c1cccc(Cn2c(C(=O)O)cc3ccccc32)c1. The zero-order valence-corrected chi connectivity index (χ0v) is 13.7. The zero-order chi connectivity index (χ0) is 17.3. The lowest BCUT2D eigenvalue weighted by Crippen LogP contribution is -2.18. The van der Waals surface area contributed by atoms with Crippen LogP contribution >= 0.6 is 0 Å². The van der Waals surface area contributed by atoms with E-state index in [0.717, 1.165) is 10.9 Å². The van der Waals surface area contributed by atoms with Crippen molar-refractivity contribution in [1.82, 2.24) is 9.29 Å². The molecule has 124 valence electrons. The van der Waals surface area contributed by atoms with Crippen LogP contribution in [0.1, 0.15) is 16.1 Å². The Morgan fingerprint density at radius 2 is 1.88 bits per heavy atom. The standard InChI is InChI=1S/C17H16N2O4S/c1-18-24(22,23)14-7-4-5-12(9-14)11-19-15-8-3-2-6-13(15)10-16(19)17(20)21/h2-10,18H,11H2,1H3,(H,20,21). The number of hydrogen-bond acceptors (Lipinski definition) is 3. The Bertz CT molecular complexity index is 1020. The Balaban J connectivity index is 2.09. The van der Waals surface area contributed by atoms with E-state index >= 15 is 0 Å². The molecule has 0 saturated heterocycles. The van der Waals surface area contributed by atoms with Crippen molar-refractivity contribution < 1.29 is 18.3 Å². The van der Waals surface area contributed by atoms with Gasteiger partial charge < -0.3 is 9.67 Å². The van der Waals surface area contributed by atoms with Gasteiger partial charge in [0.1, 0.15) is 5.69 Å². The monoisotopic (exact) mass is 344 g/mol. The minimum Gasteiger partial charge on any atom is -0.477 e. The summed E-state index contributed by atoms with van der Waals surface area (Å²) in [5, 5.41) is 10.3. The normalized spacial score (nSPS) is 11.7. The number of para-hydroxylation sites is 1.